The van der Waals surface area contributed by atoms with Crippen LogP contribution < -0.4 is 24.8 Å². The molecule has 1 aliphatic carbocycles. The number of pyridine rings is 1. The van der Waals surface area contributed by atoms with Gasteiger partial charge in [0.25, 0.3) is 5.91 Å². The van der Waals surface area contributed by atoms with Crippen LogP contribution in [0.1, 0.15) is 23.3 Å². The molecule has 1 heterocycles. The zero-order chi connectivity index (χ0) is 17.8. The van der Waals surface area contributed by atoms with E-state index in [1.54, 1.807) is 51.7 Å². The number of methoxy groups -OCH3 is 3. The van der Waals surface area contributed by atoms with Gasteiger partial charge in [0.05, 0.1) is 21.3 Å². The molecule has 25 heavy (non-hydrogen) atoms. The van der Waals surface area contributed by atoms with Gasteiger partial charge in [-0.05, 0) is 25.0 Å². The highest BCUT2D eigenvalue weighted by Crippen LogP contribution is 2.40. The van der Waals surface area contributed by atoms with Gasteiger partial charge in [0.2, 0.25) is 5.75 Å². The van der Waals surface area contributed by atoms with Crippen molar-refractivity contribution in [2.75, 3.05) is 26.6 Å². The molecule has 1 amide bonds. The number of carbonyl (C=O) groups is 1. The maximum Gasteiger partial charge on any atom is 0.270 e. The lowest BCUT2D eigenvalue weighted by atomic mass is 10.2. The molecule has 0 unspecified atom stereocenters. The normalized spacial score (nSPS) is 13.1. The number of benzene rings is 1. The fourth-order valence-corrected chi connectivity index (χ4v) is 2.42. The minimum absolute atomic E-state index is 0.156. The van der Waals surface area contributed by atoms with Crippen molar-refractivity contribution >= 4 is 17.4 Å². The third kappa shape index (κ3) is 3.93. The van der Waals surface area contributed by atoms with Crippen LogP contribution in [0.25, 0.3) is 0 Å². The van der Waals surface area contributed by atoms with E-state index in [0.717, 1.165) is 12.8 Å². The zero-order valence-corrected chi connectivity index (χ0v) is 14.5. The molecule has 1 saturated carbocycles. The van der Waals surface area contributed by atoms with Crippen molar-refractivity contribution in [1.82, 2.24) is 10.3 Å². The quantitative estimate of drug-likeness (QED) is 0.804. The van der Waals surface area contributed by atoms with Crippen LogP contribution >= 0.6 is 0 Å². The first-order chi connectivity index (χ1) is 12.1. The smallest absolute Gasteiger partial charge is 0.270 e. The molecule has 0 aliphatic heterocycles. The molecule has 7 heteroatoms. The van der Waals surface area contributed by atoms with Crippen LogP contribution in [-0.4, -0.2) is 38.3 Å². The van der Waals surface area contributed by atoms with Gasteiger partial charge in [-0.2, -0.15) is 0 Å². The second-order valence-corrected chi connectivity index (χ2v) is 5.69. The molecule has 1 fully saturated rings. The van der Waals surface area contributed by atoms with Crippen LogP contribution in [0, 0.1) is 0 Å². The summed E-state index contributed by atoms with van der Waals surface area (Å²) in [5.41, 5.74) is 1.09. The Morgan fingerprint density at radius 2 is 1.76 bits per heavy atom. The summed E-state index contributed by atoms with van der Waals surface area (Å²) in [5.74, 6) is 1.98. The van der Waals surface area contributed by atoms with Crippen LogP contribution in [-0.2, 0) is 0 Å². The zero-order valence-electron chi connectivity index (χ0n) is 14.5. The Labute approximate surface area is 146 Å². The summed E-state index contributed by atoms with van der Waals surface area (Å²) < 4.78 is 16.0. The van der Waals surface area contributed by atoms with E-state index in [9.17, 15) is 4.79 Å². The summed E-state index contributed by atoms with van der Waals surface area (Å²) in [6.07, 6.45) is 2.07. The van der Waals surface area contributed by atoms with Gasteiger partial charge >= 0.3 is 0 Å². The number of amides is 1. The first-order valence-electron chi connectivity index (χ1n) is 7.99. The van der Waals surface area contributed by atoms with Crippen LogP contribution in [0.3, 0.4) is 0 Å². The van der Waals surface area contributed by atoms with Crippen molar-refractivity contribution in [3.63, 3.8) is 0 Å². The minimum Gasteiger partial charge on any atom is -0.493 e. The van der Waals surface area contributed by atoms with Gasteiger partial charge in [-0.15, -0.1) is 0 Å². The molecule has 132 valence electrons. The summed E-state index contributed by atoms with van der Waals surface area (Å²) >= 11 is 0. The fourth-order valence-electron chi connectivity index (χ4n) is 2.42. The Morgan fingerprint density at radius 3 is 2.32 bits per heavy atom. The lowest BCUT2D eigenvalue weighted by Gasteiger charge is -2.15. The lowest BCUT2D eigenvalue weighted by Crippen LogP contribution is -2.26. The highest BCUT2D eigenvalue weighted by molar-refractivity contribution is 5.93. The second kappa shape index (κ2) is 7.29. The summed E-state index contributed by atoms with van der Waals surface area (Å²) in [7, 11) is 4.67. The largest absolute Gasteiger partial charge is 0.493 e. The Kier molecular flexibility index (Phi) is 4.92. The first kappa shape index (κ1) is 16.9. The predicted octanol–water partition coefficient (Wildman–Crippen LogP) is 2.74. The summed E-state index contributed by atoms with van der Waals surface area (Å²) in [5, 5.41) is 6.09. The third-order valence-corrected chi connectivity index (χ3v) is 3.83. The van der Waals surface area contributed by atoms with Gasteiger partial charge in [-0.25, -0.2) is 4.98 Å². The highest BCUT2D eigenvalue weighted by atomic mass is 16.5. The number of hydrogen-bond acceptors (Lipinski definition) is 6. The van der Waals surface area contributed by atoms with Crippen LogP contribution in [0.2, 0.25) is 0 Å². The molecule has 7 nitrogen and oxygen atoms in total. The molecule has 1 aliphatic rings. The average molecular weight is 343 g/mol. The minimum atomic E-state index is -0.156. The van der Waals surface area contributed by atoms with Crippen molar-refractivity contribution in [1.29, 1.82) is 0 Å². The number of anilines is 2. The molecule has 3 rings (SSSR count). The van der Waals surface area contributed by atoms with E-state index in [-0.39, 0.29) is 5.91 Å². The van der Waals surface area contributed by atoms with Crippen molar-refractivity contribution in [2.24, 2.45) is 0 Å². The van der Waals surface area contributed by atoms with E-state index < -0.39 is 0 Å². The molecule has 1 aromatic heterocycles. The predicted molar refractivity (Wildman–Crippen MR) is 94.1 cm³/mol. The standard InChI is InChI=1S/C18H21N3O4/c1-23-14-9-12(10-15(24-2)17(14)25-3)19-16-6-4-5-13(21-16)18(22)20-11-7-8-11/h4-6,9-11H,7-8H2,1-3H3,(H,19,21)(H,20,22). The Morgan fingerprint density at radius 1 is 1.08 bits per heavy atom. The SMILES string of the molecule is COc1cc(Nc2cccc(C(=O)NC3CC3)n2)cc(OC)c1OC. The van der Waals surface area contributed by atoms with Crippen molar-refractivity contribution < 1.29 is 19.0 Å². The summed E-state index contributed by atoms with van der Waals surface area (Å²) in [6.45, 7) is 0. The van der Waals surface area contributed by atoms with Crippen LogP contribution in [0.4, 0.5) is 11.5 Å². The van der Waals surface area contributed by atoms with Gasteiger partial charge in [0, 0.05) is 23.9 Å². The van der Waals surface area contributed by atoms with Crippen LogP contribution in [0.15, 0.2) is 30.3 Å². The maximum atomic E-state index is 12.1. The maximum absolute atomic E-state index is 12.1. The monoisotopic (exact) mass is 343 g/mol. The molecule has 0 bridgehead atoms. The summed E-state index contributed by atoms with van der Waals surface area (Å²) in [4.78, 5) is 16.5. The number of hydrogen-bond donors (Lipinski definition) is 2. The number of aromatic nitrogens is 1. The summed E-state index contributed by atoms with van der Waals surface area (Å²) in [6, 6.07) is 9.12. The molecule has 0 atom stereocenters. The average Bonchev–Trinajstić information content (AvgIpc) is 3.45. The van der Waals surface area contributed by atoms with Crippen LogP contribution in [0.5, 0.6) is 17.2 Å². The van der Waals surface area contributed by atoms with Crippen molar-refractivity contribution in [3.05, 3.63) is 36.0 Å². The fraction of sp³-hybridized carbons (Fsp3) is 0.333. The lowest BCUT2D eigenvalue weighted by molar-refractivity contribution is 0.0946. The van der Waals surface area contributed by atoms with E-state index in [0.29, 0.717) is 40.5 Å². The van der Waals surface area contributed by atoms with E-state index in [1.165, 1.54) is 0 Å². The third-order valence-electron chi connectivity index (χ3n) is 3.83. The van der Waals surface area contributed by atoms with Gasteiger partial charge < -0.3 is 24.8 Å². The number of ether oxygens (including phenoxy) is 3. The number of nitrogens with zero attached hydrogens (tertiary/aromatic N) is 1. The molecular formula is C18H21N3O4. The molecule has 2 aromatic rings. The highest BCUT2D eigenvalue weighted by Gasteiger charge is 2.24. The van der Waals surface area contributed by atoms with E-state index in [2.05, 4.69) is 15.6 Å². The van der Waals surface area contributed by atoms with E-state index >= 15 is 0 Å². The van der Waals surface area contributed by atoms with Gasteiger partial charge in [-0.1, -0.05) is 6.07 Å². The van der Waals surface area contributed by atoms with Gasteiger partial charge in [0.1, 0.15) is 11.5 Å². The number of carbonyl (C=O) groups excluding carboxylic acids is 1. The molecule has 0 radical (unpaired) electrons. The van der Waals surface area contributed by atoms with Crippen molar-refractivity contribution in [3.8, 4) is 17.2 Å². The topological polar surface area (TPSA) is 81.7 Å². The Hall–Kier alpha value is -2.96. The number of rotatable bonds is 7. The first-order valence-corrected chi connectivity index (χ1v) is 7.99. The molecule has 0 spiro atoms. The second-order valence-electron chi connectivity index (χ2n) is 5.69. The van der Waals surface area contributed by atoms with E-state index in [4.69, 9.17) is 14.2 Å². The molecule has 0 saturated heterocycles. The molecule has 2 N–H and O–H groups in total. The van der Waals surface area contributed by atoms with E-state index in [1.807, 2.05) is 0 Å². The Balaban J connectivity index is 1.83. The number of nitrogens with one attached hydrogen (secondary N) is 2. The molecule has 1 aromatic carbocycles. The van der Waals surface area contributed by atoms with Gasteiger partial charge in [0.15, 0.2) is 11.5 Å². The van der Waals surface area contributed by atoms with Gasteiger partial charge in [-0.3, -0.25) is 4.79 Å². The Bertz CT molecular complexity index is 750. The van der Waals surface area contributed by atoms with Crippen molar-refractivity contribution in [2.45, 2.75) is 18.9 Å². The molecular weight excluding hydrogens is 322 g/mol.